The standard InChI is InChI=1S/C23H27N3O6/c1-29-18-5-3-15(11-20(18)30-2)7-8-24-23(28)25-16-12-22(27)26(14-16)17-4-6-19-21(13-17)32-10-9-31-19/h3-6,11,13,16H,7-10,12,14H2,1-2H3,(H2,24,25,28)/t16-/m0/s1. The number of nitrogens with zero attached hydrogens (tertiary/aromatic N) is 1. The molecule has 4 rings (SSSR count). The van der Waals surface area contributed by atoms with Crippen molar-refractivity contribution in [2.45, 2.75) is 18.9 Å². The predicted molar refractivity (Wildman–Crippen MR) is 118 cm³/mol. The van der Waals surface area contributed by atoms with Crippen LogP contribution in [0.15, 0.2) is 36.4 Å². The highest BCUT2D eigenvalue weighted by Gasteiger charge is 2.32. The molecular formula is C23H27N3O6. The number of anilines is 1. The molecule has 2 N–H and O–H groups in total. The lowest BCUT2D eigenvalue weighted by Gasteiger charge is -2.22. The third-order valence-electron chi connectivity index (χ3n) is 5.44. The quantitative estimate of drug-likeness (QED) is 0.683. The molecule has 0 radical (unpaired) electrons. The molecule has 9 nitrogen and oxygen atoms in total. The Balaban J connectivity index is 1.27. The van der Waals surface area contributed by atoms with Crippen LogP contribution in [0.1, 0.15) is 12.0 Å². The second-order valence-corrected chi connectivity index (χ2v) is 7.57. The Kier molecular flexibility index (Phi) is 6.53. The van der Waals surface area contributed by atoms with Crippen molar-refractivity contribution in [3.63, 3.8) is 0 Å². The zero-order valence-electron chi connectivity index (χ0n) is 18.2. The van der Waals surface area contributed by atoms with Crippen molar-refractivity contribution in [2.75, 3.05) is 45.4 Å². The zero-order chi connectivity index (χ0) is 22.5. The number of carbonyl (C=O) groups excluding carboxylic acids is 2. The molecule has 0 aromatic heterocycles. The molecule has 2 heterocycles. The first-order valence-corrected chi connectivity index (χ1v) is 10.5. The van der Waals surface area contributed by atoms with Gasteiger partial charge in [-0.1, -0.05) is 6.07 Å². The van der Waals surface area contributed by atoms with Gasteiger partial charge in [0.2, 0.25) is 5.91 Å². The van der Waals surface area contributed by atoms with E-state index in [0.717, 1.165) is 11.3 Å². The third kappa shape index (κ3) is 4.82. The van der Waals surface area contributed by atoms with E-state index in [0.29, 0.717) is 55.7 Å². The molecule has 0 aliphatic carbocycles. The Bertz CT molecular complexity index is 996. The van der Waals surface area contributed by atoms with Crippen molar-refractivity contribution in [2.24, 2.45) is 0 Å². The first-order valence-electron chi connectivity index (χ1n) is 10.5. The van der Waals surface area contributed by atoms with E-state index in [-0.39, 0.29) is 24.4 Å². The Morgan fingerprint density at radius 3 is 2.62 bits per heavy atom. The topological polar surface area (TPSA) is 98.4 Å². The highest BCUT2D eigenvalue weighted by molar-refractivity contribution is 5.97. The van der Waals surface area contributed by atoms with Crippen molar-refractivity contribution in [3.05, 3.63) is 42.0 Å². The summed E-state index contributed by atoms with van der Waals surface area (Å²) in [5.74, 6) is 2.58. The lowest BCUT2D eigenvalue weighted by Crippen LogP contribution is -2.43. The Labute approximate surface area is 186 Å². The van der Waals surface area contributed by atoms with Gasteiger partial charge in [-0.3, -0.25) is 4.79 Å². The maximum absolute atomic E-state index is 12.5. The van der Waals surface area contributed by atoms with Crippen molar-refractivity contribution < 1.29 is 28.5 Å². The molecule has 2 aliphatic rings. The van der Waals surface area contributed by atoms with Crippen LogP contribution in [0.5, 0.6) is 23.0 Å². The lowest BCUT2D eigenvalue weighted by atomic mass is 10.1. The number of hydrogen-bond acceptors (Lipinski definition) is 6. The average Bonchev–Trinajstić information content (AvgIpc) is 3.18. The SMILES string of the molecule is COc1ccc(CCNC(=O)N[C@H]2CC(=O)N(c3ccc4c(c3)OCCO4)C2)cc1OC. The number of nitrogens with one attached hydrogen (secondary N) is 2. The van der Waals surface area contributed by atoms with Crippen LogP contribution in [-0.4, -0.2) is 58.5 Å². The number of fused-ring (bicyclic) bond motifs is 1. The molecule has 1 saturated heterocycles. The number of carbonyl (C=O) groups is 2. The highest BCUT2D eigenvalue weighted by Crippen LogP contribution is 2.35. The molecule has 2 aromatic rings. The van der Waals surface area contributed by atoms with Gasteiger partial charge in [-0.25, -0.2) is 4.79 Å². The lowest BCUT2D eigenvalue weighted by molar-refractivity contribution is -0.117. The van der Waals surface area contributed by atoms with E-state index < -0.39 is 0 Å². The van der Waals surface area contributed by atoms with Crippen LogP contribution >= 0.6 is 0 Å². The Morgan fingerprint density at radius 1 is 1.06 bits per heavy atom. The molecule has 9 heteroatoms. The fourth-order valence-corrected chi connectivity index (χ4v) is 3.85. The molecule has 3 amide bonds. The summed E-state index contributed by atoms with van der Waals surface area (Å²) in [5, 5.41) is 5.73. The largest absolute Gasteiger partial charge is 0.493 e. The molecule has 0 saturated carbocycles. The van der Waals surface area contributed by atoms with Gasteiger partial charge < -0.3 is 34.5 Å². The number of urea groups is 1. The van der Waals surface area contributed by atoms with Gasteiger partial charge in [0, 0.05) is 31.3 Å². The second-order valence-electron chi connectivity index (χ2n) is 7.57. The molecule has 0 bridgehead atoms. The maximum atomic E-state index is 12.5. The van der Waals surface area contributed by atoms with Crippen molar-refractivity contribution in [1.29, 1.82) is 0 Å². The number of amides is 3. The maximum Gasteiger partial charge on any atom is 0.315 e. The minimum Gasteiger partial charge on any atom is -0.493 e. The summed E-state index contributed by atoms with van der Waals surface area (Å²) in [6.45, 7) is 1.86. The van der Waals surface area contributed by atoms with E-state index >= 15 is 0 Å². The summed E-state index contributed by atoms with van der Waals surface area (Å²) in [4.78, 5) is 26.5. The van der Waals surface area contributed by atoms with Gasteiger partial charge in [-0.05, 0) is 36.2 Å². The van der Waals surface area contributed by atoms with E-state index in [9.17, 15) is 9.59 Å². The number of methoxy groups -OCH3 is 2. The normalized spacial score (nSPS) is 17.1. The van der Waals surface area contributed by atoms with Gasteiger partial charge >= 0.3 is 6.03 Å². The summed E-state index contributed by atoms with van der Waals surface area (Å²) in [7, 11) is 3.18. The molecule has 0 spiro atoms. The van der Waals surface area contributed by atoms with E-state index in [2.05, 4.69) is 10.6 Å². The van der Waals surface area contributed by atoms with Gasteiger partial charge in [0.1, 0.15) is 13.2 Å². The Hall–Kier alpha value is -3.62. The summed E-state index contributed by atoms with van der Waals surface area (Å²) < 4.78 is 21.7. The molecule has 2 aromatic carbocycles. The number of hydrogen-bond donors (Lipinski definition) is 2. The minimum absolute atomic E-state index is 0.0442. The summed E-state index contributed by atoms with van der Waals surface area (Å²) in [6.07, 6.45) is 0.887. The first kappa shape index (κ1) is 21.6. The van der Waals surface area contributed by atoms with E-state index in [4.69, 9.17) is 18.9 Å². The molecule has 0 unspecified atom stereocenters. The van der Waals surface area contributed by atoms with E-state index in [1.807, 2.05) is 24.3 Å². The average molecular weight is 441 g/mol. The van der Waals surface area contributed by atoms with Gasteiger partial charge in [0.15, 0.2) is 23.0 Å². The number of rotatable bonds is 7. The van der Waals surface area contributed by atoms with Crippen molar-refractivity contribution in [3.8, 4) is 23.0 Å². The third-order valence-corrected chi connectivity index (χ3v) is 5.44. The van der Waals surface area contributed by atoms with Crippen LogP contribution in [0.2, 0.25) is 0 Å². The number of ether oxygens (including phenoxy) is 4. The zero-order valence-corrected chi connectivity index (χ0v) is 18.2. The molecular weight excluding hydrogens is 414 g/mol. The minimum atomic E-state index is -0.299. The Morgan fingerprint density at radius 2 is 1.84 bits per heavy atom. The van der Waals surface area contributed by atoms with Gasteiger partial charge in [-0.2, -0.15) is 0 Å². The van der Waals surface area contributed by atoms with E-state index in [1.165, 1.54) is 0 Å². The summed E-state index contributed by atoms with van der Waals surface area (Å²) in [6, 6.07) is 10.5. The highest BCUT2D eigenvalue weighted by atomic mass is 16.6. The monoisotopic (exact) mass is 441 g/mol. The number of benzene rings is 2. The van der Waals surface area contributed by atoms with Crippen LogP contribution in [0, 0.1) is 0 Å². The van der Waals surface area contributed by atoms with Crippen LogP contribution in [0.4, 0.5) is 10.5 Å². The van der Waals surface area contributed by atoms with Crippen LogP contribution < -0.4 is 34.5 Å². The fourth-order valence-electron chi connectivity index (χ4n) is 3.85. The smallest absolute Gasteiger partial charge is 0.315 e. The van der Waals surface area contributed by atoms with Crippen LogP contribution in [-0.2, 0) is 11.2 Å². The van der Waals surface area contributed by atoms with Crippen LogP contribution in [0.25, 0.3) is 0 Å². The van der Waals surface area contributed by atoms with Gasteiger partial charge in [0.05, 0.1) is 20.3 Å². The first-order chi connectivity index (χ1) is 15.6. The van der Waals surface area contributed by atoms with Gasteiger partial charge in [0.25, 0.3) is 0 Å². The van der Waals surface area contributed by atoms with Crippen molar-refractivity contribution in [1.82, 2.24) is 10.6 Å². The van der Waals surface area contributed by atoms with Crippen LogP contribution in [0.3, 0.4) is 0 Å². The fraction of sp³-hybridized carbons (Fsp3) is 0.391. The second kappa shape index (κ2) is 9.67. The van der Waals surface area contributed by atoms with Crippen molar-refractivity contribution >= 4 is 17.6 Å². The predicted octanol–water partition coefficient (Wildman–Crippen LogP) is 2.12. The molecule has 1 atom stereocenters. The summed E-state index contributed by atoms with van der Waals surface area (Å²) >= 11 is 0. The van der Waals surface area contributed by atoms with E-state index in [1.54, 1.807) is 31.3 Å². The van der Waals surface area contributed by atoms with Gasteiger partial charge in [-0.15, -0.1) is 0 Å². The molecule has 32 heavy (non-hydrogen) atoms. The molecule has 2 aliphatic heterocycles. The summed E-state index contributed by atoms with van der Waals surface area (Å²) in [5.41, 5.74) is 1.75. The molecule has 1 fully saturated rings. The molecule has 170 valence electrons.